The largest absolute Gasteiger partial charge is 0.496 e. The van der Waals surface area contributed by atoms with Gasteiger partial charge in [-0.1, -0.05) is 6.07 Å². The molecule has 1 atom stereocenters. The van der Waals surface area contributed by atoms with Crippen LogP contribution in [0.2, 0.25) is 0 Å². The number of esters is 1. The minimum atomic E-state index is -0.815. The fourth-order valence-electron chi connectivity index (χ4n) is 2.78. The molecule has 0 amide bonds. The summed E-state index contributed by atoms with van der Waals surface area (Å²) in [6.45, 7) is 4.07. The summed E-state index contributed by atoms with van der Waals surface area (Å²) in [5.74, 6) is 0.527. The summed E-state index contributed by atoms with van der Waals surface area (Å²) in [5.41, 5.74) is 1.40. The molecule has 1 aromatic carbocycles. The number of rotatable bonds is 3. The van der Waals surface area contributed by atoms with Crippen LogP contribution in [-0.4, -0.2) is 30.4 Å². The quantitative estimate of drug-likeness (QED) is 0.807. The second kappa shape index (κ2) is 5.36. The molecular weight excluding hydrogens is 286 g/mol. The van der Waals surface area contributed by atoms with Gasteiger partial charge < -0.3 is 18.8 Å². The topological polar surface area (TPSA) is 66.8 Å². The average molecular weight is 303 g/mol. The van der Waals surface area contributed by atoms with E-state index in [1.54, 1.807) is 17.6 Å². The summed E-state index contributed by atoms with van der Waals surface area (Å²) < 4.78 is 17.6. The maximum Gasteiger partial charge on any atom is 0.349 e. The van der Waals surface area contributed by atoms with Crippen molar-refractivity contribution in [2.45, 2.75) is 26.5 Å². The van der Waals surface area contributed by atoms with Crippen LogP contribution in [0.15, 0.2) is 23.0 Å². The molecule has 0 N–H and O–H groups in total. The SMILES string of the molecule is CCOC(=O)C1Cn2c(=O)cc(OC)c3c(C)ccc(c32)O1. The van der Waals surface area contributed by atoms with Crippen LogP contribution in [0.1, 0.15) is 12.5 Å². The summed E-state index contributed by atoms with van der Waals surface area (Å²) >= 11 is 0. The molecule has 0 bridgehead atoms. The van der Waals surface area contributed by atoms with Crippen LogP contribution in [0.25, 0.3) is 10.9 Å². The van der Waals surface area contributed by atoms with Crippen LogP contribution in [0.4, 0.5) is 0 Å². The van der Waals surface area contributed by atoms with Crippen LogP contribution in [0.3, 0.4) is 0 Å². The molecule has 6 nitrogen and oxygen atoms in total. The molecule has 22 heavy (non-hydrogen) atoms. The number of pyridine rings is 1. The zero-order valence-electron chi connectivity index (χ0n) is 12.7. The first-order valence-corrected chi connectivity index (χ1v) is 7.11. The Hall–Kier alpha value is -2.50. The van der Waals surface area contributed by atoms with Gasteiger partial charge in [0, 0.05) is 11.5 Å². The molecule has 2 aromatic rings. The molecule has 3 rings (SSSR count). The lowest BCUT2D eigenvalue weighted by molar-refractivity contribution is -0.152. The third-order valence-corrected chi connectivity index (χ3v) is 3.77. The summed E-state index contributed by atoms with van der Waals surface area (Å²) in [5, 5.41) is 0.821. The second-order valence-electron chi connectivity index (χ2n) is 5.12. The Bertz CT molecular complexity index is 808. The number of carbonyl (C=O) groups excluding carboxylic acids is 1. The summed E-state index contributed by atoms with van der Waals surface area (Å²) in [6, 6.07) is 5.08. The third kappa shape index (κ3) is 2.11. The predicted octanol–water partition coefficient (Wildman–Crippen LogP) is 1.64. The zero-order valence-corrected chi connectivity index (χ0v) is 12.7. The van der Waals surface area contributed by atoms with Crippen molar-refractivity contribution in [3.8, 4) is 11.5 Å². The van der Waals surface area contributed by atoms with Gasteiger partial charge in [-0.25, -0.2) is 4.79 Å². The van der Waals surface area contributed by atoms with E-state index in [1.807, 2.05) is 13.0 Å². The standard InChI is InChI=1S/C16H17NO5/c1-4-21-16(19)12-8-17-13(18)7-11(20-3)14-9(2)5-6-10(22-12)15(14)17/h5-7,12H,4,8H2,1-3H3. The molecule has 0 saturated carbocycles. The van der Waals surface area contributed by atoms with Gasteiger partial charge in [0.15, 0.2) is 0 Å². The molecular formula is C16H17NO5. The Morgan fingerprint density at radius 3 is 2.91 bits per heavy atom. The van der Waals surface area contributed by atoms with Gasteiger partial charge >= 0.3 is 5.97 Å². The zero-order chi connectivity index (χ0) is 15.9. The molecule has 1 aromatic heterocycles. The monoisotopic (exact) mass is 303 g/mol. The Labute approximate surface area is 127 Å². The van der Waals surface area contributed by atoms with E-state index in [1.165, 1.54) is 13.2 Å². The Kier molecular flexibility index (Phi) is 3.52. The van der Waals surface area contributed by atoms with Gasteiger partial charge in [-0.05, 0) is 25.5 Å². The number of carbonyl (C=O) groups is 1. The Balaban J connectivity index is 2.22. The van der Waals surface area contributed by atoms with E-state index in [0.29, 0.717) is 17.0 Å². The summed E-state index contributed by atoms with van der Waals surface area (Å²) in [6.07, 6.45) is -0.815. The Morgan fingerprint density at radius 1 is 1.45 bits per heavy atom. The smallest absolute Gasteiger partial charge is 0.349 e. The summed E-state index contributed by atoms with van der Waals surface area (Å²) in [7, 11) is 1.53. The van der Waals surface area contributed by atoms with Gasteiger partial charge in [-0.3, -0.25) is 4.79 Å². The number of nitrogens with zero attached hydrogens (tertiary/aromatic N) is 1. The Morgan fingerprint density at radius 2 is 2.23 bits per heavy atom. The number of ether oxygens (including phenoxy) is 3. The van der Waals surface area contributed by atoms with E-state index in [-0.39, 0.29) is 18.7 Å². The fourth-order valence-corrected chi connectivity index (χ4v) is 2.78. The van der Waals surface area contributed by atoms with Crippen molar-refractivity contribution >= 4 is 16.9 Å². The molecule has 0 saturated heterocycles. The van der Waals surface area contributed by atoms with Crippen molar-refractivity contribution in [1.29, 1.82) is 0 Å². The molecule has 0 radical (unpaired) electrons. The molecule has 0 spiro atoms. The van der Waals surface area contributed by atoms with E-state index in [9.17, 15) is 9.59 Å². The highest BCUT2D eigenvalue weighted by Gasteiger charge is 2.30. The number of hydrogen-bond donors (Lipinski definition) is 0. The lowest BCUT2D eigenvalue weighted by Crippen LogP contribution is -2.40. The van der Waals surface area contributed by atoms with Gasteiger partial charge in [0.05, 0.1) is 25.8 Å². The fraction of sp³-hybridized carbons (Fsp3) is 0.375. The van der Waals surface area contributed by atoms with Gasteiger partial charge in [0.25, 0.3) is 5.56 Å². The van der Waals surface area contributed by atoms with E-state index < -0.39 is 12.1 Å². The predicted molar refractivity (Wildman–Crippen MR) is 80.5 cm³/mol. The van der Waals surface area contributed by atoms with Crippen molar-refractivity contribution in [3.63, 3.8) is 0 Å². The third-order valence-electron chi connectivity index (χ3n) is 3.77. The van der Waals surface area contributed by atoms with E-state index in [0.717, 1.165) is 10.9 Å². The highest BCUT2D eigenvalue weighted by molar-refractivity contribution is 5.94. The molecule has 1 aliphatic heterocycles. The number of aromatic nitrogens is 1. The first kappa shape index (κ1) is 14.4. The van der Waals surface area contributed by atoms with Crippen LogP contribution in [0, 0.1) is 6.92 Å². The highest BCUT2D eigenvalue weighted by atomic mass is 16.6. The molecule has 0 aliphatic carbocycles. The minimum absolute atomic E-state index is 0.134. The van der Waals surface area contributed by atoms with Gasteiger partial charge in [-0.15, -0.1) is 0 Å². The molecule has 6 heteroatoms. The number of methoxy groups -OCH3 is 1. The maximum absolute atomic E-state index is 12.3. The van der Waals surface area contributed by atoms with Crippen molar-refractivity contribution in [2.24, 2.45) is 0 Å². The highest BCUT2D eigenvalue weighted by Crippen LogP contribution is 2.36. The number of hydrogen-bond acceptors (Lipinski definition) is 5. The first-order valence-electron chi connectivity index (χ1n) is 7.11. The maximum atomic E-state index is 12.3. The number of aryl methyl sites for hydroxylation is 1. The second-order valence-corrected chi connectivity index (χ2v) is 5.12. The molecule has 2 heterocycles. The van der Waals surface area contributed by atoms with Crippen LogP contribution < -0.4 is 15.0 Å². The van der Waals surface area contributed by atoms with Crippen molar-refractivity contribution in [3.05, 3.63) is 34.1 Å². The van der Waals surface area contributed by atoms with Crippen LogP contribution >= 0.6 is 0 Å². The van der Waals surface area contributed by atoms with Crippen molar-refractivity contribution in [1.82, 2.24) is 4.57 Å². The normalized spacial score (nSPS) is 16.2. The average Bonchev–Trinajstić information content (AvgIpc) is 2.52. The van der Waals surface area contributed by atoms with Gasteiger partial charge in [-0.2, -0.15) is 0 Å². The molecule has 116 valence electrons. The lowest BCUT2D eigenvalue weighted by Gasteiger charge is -2.27. The molecule has 1 unspecified atom stereocenters. The van der Waals surface area contributed by atoms with E-state index in [2.05, 4.69) is 0 Å². The minimum Gasteiger partial charge on any atom is -0.496 e. The first-order chi connectivity index (χ1) is 10.6. The summed E-state index contributed by atoms with van der Waals surface area (Å²) in [4.78, 5) is 24.3. The van der Waals surface area contributed by atoms with E-state index >= 15 is 0 Å². The van der Waals surface area contributed by atoms with Crippen LogP contribution in [-0.2, 0) is 16.1 Å². The van der Waals surface area contributed by atoms with Crippen molar-refractivity contribution < 1.29 is 19.0 Å². The van der Waals surface area contributed by atoms with E-state index in [4.69, 9.17) is 14.2 Å². The van der Waals surface area contributed by atoms with Gasteiger partial charge in [0.1, 0.15) is 11.5 Å². The lowest BCUT2D eigenvalue weighted by atomic mass is 10.1. The molecule has 1 aliphatic rings. The van der Waals surface area contributed by atoms with Crippen molar-refractivity contribution in [2.75, 3.05) is 13.7 Å². The number of benzene rings is 1. The van der Waals surface area contributed by atoms with Crippen LogP contribution in [0.5, 0.6) is 11.5 Å². The van der Waals surface area contributed by atoms with Gasteiger partial charge in [0.2, 0.25) is 6.10 Å². The molecule has 0 fully saturated rings.